The van der Waals surface area contributed by atoms with Gasteiger partial charge in [0.2, 0.25) is 0 Å². The van der Waals surface area contributed by atoms with E-state index in [0.29, 0.717) is 10.9 Å². The van der Waals surface area contributed by atoms with Gasteiger partial charge in [-0.05, 0) is 43.0 Å². The van der Waals surface area contributed by atoms with E-state index in [1.54, 1.807) is 0 Å². The van der Waals surface area contributed by atoms with E-state index in [-0.39, 0.29) is 11.8 Å². The Morgan fingerprint density at radius 2 is 1.61 bits per heavy atom. The third-order valence-electron chi connectivity index (χ3n) is 4.63. The topological polar surface area (TPSA) is 29.1 Å². The maximum Gasteiger partial charge on any atom is 0.185 e. The van der Waals surface area contributed by atoms with Crippen molar-refractivity contribution in [3.05, 3.63) is 65.2 Å². The fourth-order valence-electron chi connectivity index (χ4n) is 3.37. The summed E-state index contributed by atoms with van der Waals surface area (Å²) in [5.41, 5.74) is 1.73. The molecule has 1 saturated carbocycles. The van der Waals surface area contributed by atoms with Crippen LogP contribution in [-0.4, -0.2) is 11.8 Å². The first-order valence-electron chi connectivity index (χ1n) is 8.35. The molecule has 1 unspecified atom stereocenters. The van der Waals surface area contributed by atoms with Crippen molar-refractivity contribution in [3.8, 4) is 0 Å². The molecule has 120 valence electrons. The van der Waals surface area contributed by atoms with Gasteiger partial charge >= 0.3 is 0 Å². The van der Waals surface area contributed by atoms with Crippen LogP contribution in [0.15, 0.2) is 54.6 Å². The average Bonchev–Trinajstić information content (AvgIpc) is 2.62. The second kappa shape index (κ2) is 7.65. The Labute approximate surface area is 142 Å². The summed E-state index contributed by atoms with van der Waals surface area (Å²) in [4.78, 5) is 13.0. The Kier molecular flexibility index (Phi) is 5.35. The van der Waals surface area contributed by atoms with Crippen molar-refractivity contribution < 1.29 is 4.79 Å². The zero-order valence-corrected chi connectivity index (χ0v) is 13.9. The average molecular weight is 328 g/mol. The normalized spacial score (nSPS) is 16.7. The Hall–Kier alpha value is -1.80. The van der Waals surface area contributed by atoms with Crippen molar-refractivity contribution in [2.24, 2.45) is 5.92 Å². The number of carbonyl (C=O) groups excluding carboxylic acids is 1. The van der Waals surface area contributed by atoms with E-state index in [0.717, 1.165) is 24.1 Å². The van der Waals surface area contributed by atoms with Crippen molar-refractivity contribution in [2.45, 2.75) is 38.1 Å². The highest BCUT2D eigenvalue weighted by Crippen LogP contribution is 2.30. The molecule has 1 aliphatic carbocycles. The smallest absolute Gasteiger partial charge is 0.185 e. The van der Waals surface area contributed by atoms with Crippen LogP contribution >= 0.6 is 11.6 Å². The van der Waals surface area contributed by atoms with Crippen LogP contribution < -0.4 is 5.32 Å². The zero-order valence-electron chi connectivity index (χ0n) is 13.2. The summed E-state index contributed by atoms with van der Waals surface area (Å²) >= 11 is 5.96. The second-order valence-electron chi connectivity index (χ2n) is 6.26. The predicted octanol–water partition coefficient (Wildman–Crippen LogP) is 5.58. The molecule has 0 bridgehead atoms. The highest BCUT2D eigenvalue weighted by Gasteiger charge is 2.30. The van der Waals surface area contributed by atoms with E-state index in [4.69, 9.17) is 11.6 Å². The monoisotopic (exact) mass is 327 g/mol. The van der Waals surface area contributed by atoms with Crippen LogP contribution in [0.5, 0.6) is 0 Å². The number of nitrogens with one attached hydrogen (secondary N) is 1. The first-order valence-corrected chi connectivity index (χ1v) is 8.73. The van der Waals surface area contributed by atoms with Gasteiger partial charge < -0.3 is 5.32 Å². The molecule has 2 nitrogen and oxygen atoms in total. The maximum absolute atomic E-state index is 13.0. The van der Waals surface area contributed by atoms with Gasteiger partial charge in [0.15, 0.2) is 5.78 Å². The van der Waals surface area contributed by atoms with E-state index in [9.17, 15) is 4.79 Å². The van der Waals surface area contributed by atoms with Crippen molar-refractivity contribution in [1.29, 1.82) is 0 Å². The highest BCUT2D eigenvalue weighted by atomic mass is 35.5. The Bertz CT molecular complexity index is 632. The molecule has 1 aliphatic rings. The molecule has 1 atom stereocenters. The minimum Gasteiger partial charge on any atom is -0.375 e. The number of rotatable bonds is 5. The molecule has 1 N–H and O–H groups in total. The van der Waals surface area contributed by atoms with Gasteiger partial charge in [0.05, 0.1) is 6.04 Å². The second-order valence-corrected chi connectivity index (χ2v) is 6.69. The van der Waals surface area contributed by atoms with Gasteiger partial charge in [-0.25, -0.2) is 0 Å². The molecule has 3 rings (SSSR count). The molecule has 3 heteroatoms. The van der Waals surface area contributed by atoms with E-state index < -0.39 is 0 Å². The first kappa shape index (κ1) is 16.1. The molecule has 23 heavy (non-hydrogen) atoms. The van der Waals surface area contributed by atoms with E-state index in [2.05, 4.69) is 5.32 Å². The first-order chi connectivity index (χ1) is 11.2. The molecule has 0 saturated heterocycles. The van der Waals surface area contributed by atoms with E-state index in [1.165, 1.54) is 19.3 Å². The lowest BCUT2D eigenvalue weighted by atomic mass is 9.81. The number of carbonyl (C=O) groups is 1. The number of hydrogen-bond donors (Lipinski definition) is 1. The van der Waals surface area contributed by atoms with Gasteiger partial charge in [-0.15, -0.1) is 0 Å². The summed E-state index contributed by atoms with van der Waals surface area (Å²) in [7, 11) is 0. The van der Waals surface area contributed by atoms with Crippen molar-refractivity contribution in [2.75, 3.05) is 5.32 Å². The Morgan fingerprint density at radius 3 is 2.26 bits per heavy atom. The van der Waals surface area contributed by atoms with E-state index >= 15 is 0 Å². The van der Waals surface area contributed by atoms with Gasteiger partial charge in [0.25, 0.3) is 0 Å². The number of anilines is 1. The van der Waals surface area contributed by atoms with Crippen LogP contribution in [0.3, 0.4) is 0 Å². The molecule has 0 aromatic heterocycles. The number of ketones is 1. The molecule has 2 aromatic carbocycles. The van der Waals surface area contributed by atoms with Gasteiger partial charge in [0, 0.05) is 16.3 Å². The summed E-state index contributed by atoms with van der Waals surface area (Å²) in [5, 5.41) is 4.17. The standard InChI is InChI=1S/C20H22ClNO/c21-17-11-13-18(14-12-17)22-19(15-7-3-1-4-8-15)20(23)16-9-5-2-6-10-16/h2,5-6,9-15,19,22H,1,3-4,7-8H2. The van der Waals surface area contributed by atoms with Crippen molar-refractivity contribution in [3.63, 3.8) is 0 Å². The third kappa shape index (κ3) is 4.14. The molecular weight excluding hydrogens is 306 g/mol. The fraction of sp³-hybridized carbons (Fsp3) is 0.350. The summed E-state index contributed by atoms with van der Waals surface area (Å²) in [6.45, 7) is 0. The van der Waals surface area contributed by atoms with Crippen molar-refractivity contribution >= 4 is 23.1 Å². The minimum absolute atomic E-state index is 0.168. The molecule has 0 amide bonds. The van der Waals surface area contributed by atoms with Gasteiger partial charge in [-0.2, -0.15) is 0 Å². The zero-order chi connectivity index (χ0) is 16.1. The van der Waals surface area contributed by atoms with Crippen molar-refractivity contribution in [1.82, 2.24) is 0 Å². The van der Waals surface area contributed by atoms with Crippen LogP contribution in [0, 0.1) is 5.92 Å². The number of halogens is 1. The number of hydrogen-bond acceptors (Lipinski definition) is 2. The highest BCUT2D eigenvalue weighted by molar-refractivity contribution is 6.30. The largest absolute Gasteiger partial charge is 0.375 e. The molecule has 1 fully saturated rings. The predicted molar refractivity (Wildman–Crippen MR) is 96.2 cm³/mol. The van der Waals surface area contributed by atoms with Gasteiger partial charge in [-0.3, -0.25) is 4.79 Å². The van der Waals surface area contributed by atoms with Crippen LogP contribution in [0.2, 0.25) is 5.02 Å². The van der Waals surface area contributed by atoms with Crippen LogP contribution in [0.1, 0.15) is 42.5 Å². The SMILES string of the molecule is O=C(c1ccccc1)C(Nc1ccc(Cl)cc1)C1CCCCC1. The Morgan fingerprint density at radius 1 is 0.957 bits per heavy atom. The lowest BCUT2D eigenvalue weighted by Crippen LogP contribution is -2.38. The summed E-state index contributed by atoms with van der Waals surface area (Å²) < 4.78 is 0. The molecule has 2 aromatic rings. The fourth-order valence-corrected chi connectivity index (χ4v) is 3.50. The molecular formula is C20H22ClNO. The van der Waals surface area contributed by atoms with Crippen LogP contribution in [0.25, 0.3) is 0 Å². The summed E-state index contributed by atoms with van der Waals surface area (Å²) in [6.07, 6.45) is 5.94. The molecule has 0 heterocycles. The lowest BCUT2D eigenvalue weighted by Gasteiger charge is -2.30. The number of benzene rings is 2. The summed E-state index contributed by atoms with van der Waals surface area (Å²) in [5.74, 6) is 0.583. The molecule has 0 aliphatic heterocycles. The van der Waals surface area contributed by atoms with E-state index in [1.807, 2.05) is 54.6 Å². The maximum atomic E-state index is 13.0. The minimum atomic E-state index is -0.168. The van der Waals surface area contributed by atoms with Crippen LogP contribution in [-0.2, 0) is 0 Å². The lowest BCUT2D eigenvalue weighted by molar-refractivity contribution is 0.0929. The number of Topliss-reactive ketones (excluding diaryl/α,β-unsaturated/α-hetero) is 1. The summed E-state index contributed by atoms with van der Waals surface area (Å²) in [6, 6.07) is 17.0. The van der Waals surface area contributed by atoms with Crippen LogP contribution in [0.4, 0.5) is 5.69 Å². The Balaban J connectivity index is 1.83. The van der Waals surface area contributed by atoms with Gasteiger partial charge in [-0.1, -0.05) is 61.2 Å². The molecule has 0 spiro atoms. The quantitative estimate of drug-likeness (QED) is 0.726. The third-order valence-corrected chi connectivity index (χ3v) is 4.88. The van der Waals surface area contributed by atoms with Gasteiger partial charge in [0.1, 0.15) is 0 Å². The molecule has 0 radical (unpaired) electrons.